The van der Waals surface area contributed by atoms with Crippen LogP contribution in [0.3, 0.4) is 0 Å². The minimum absolute atomic E-state index is 0.0756. The largest absolute Gasteiger partial charge is 0.381 e. The number of anilines is 2. The zero-order chi connectivity index (χ0) is 24.1. The number of nitrogens with zero attached hydrogens (tertiary/aromatic N) is 6. The van der Waals surface area contributed by atoms with Crippen LogP contribution in [-0.4, -0.2) is 56.7 Å². The first-order valence-electron chi connectivity index (χ1n) is 12.5. The molecule has 1 fully saturated rings. The van der Waals surface area contributed by atoms with Crippen molar-refractivity contribution in [3.63, 3.8) is 0 Å². The highest BCUT2D eigenvalue weighted by atomic mass is 19.1. The van der Waals surface area contributed by atoms with Gasteiger partial charge in [-0.2, -0.15) is 10.2 Å². The van der Waals surface area contributed by atoms with Crippen molar-refractivity contribution in [2.75, 3.05) is 31.2 Å². The van der Waals surface area contributed by atoms with Crippen LogP contribution in [-0.2, 0) is 36.0 Å². The van der Waals surface area contributed by atoms with Crippen molar-refractivity contribution in [3.05, 3.63) is 47.2 Å². The van der Waals surface area contributed by atoms with Crippen molar-refractivity contribution in [3.8, 4) is 11.1 Å². The van der Waals surface area contributed by atoms with E-state index < -0.39 is 0 Å². The van der Waals surface area contributed by atoms with Crippen LogP contribution in [0.15, 0.2) is 24.5 Å². The first-order chi connectivity index (χ1) is 17.0. The fourth-order valence-electron chi connectivity index (χ4n) is 5.75. The molecule has 184 valence electrons. The molecule has 8 nitrogen and oxygen atoms in total. The number of fused-ring (bicyclic) bond motifs is 2. The van der Waals surface area contributed by atoms with Crippen molar-refractivity contribution >= 4 is 17.4 Å². The molecule has 3 aliphatic heterocycles. The number of halogens is 1. The number of benzene rings is 1. The number of amides is 1. The van der Waals surface area contributed by atoms with E-state index in [1.807, 2.05) is 24.2 Å². The van der Waals surface area contributed by atoms with Crippen molar-refractivity contribution in [2.24, 2.45) is 7.05 Å². The SMILES string of the molecule is CC(=O)N1CCc2c(c(N3CCCc4cc(-c5cnn(C)c5)c(F)cc43)nn2C2CCOCC2)C1. The molecule has 3 aliphatic rings. The lowest BCUT2D eigenvalue weighted by Gasteiger charge is -2.33. The third kappa shape index (κ3) is 3.91. The minimum atomic E-state index is -0.258. The Kier molecular flexibility index (Phi) is 5.59. The molecule has 9 heteroatoms. The highest BCUT2D eigenvalue weighted by Crippen LogP contribution is 2.41. The normalized spacial score (nSPS) is 18.5. The van der Waals surface area contributed by atoms with Crippen LogP contribution in [0.4, 0.5) is 15.9 Å². The van der Waals surface area contributed by atoms with Gasteiger partial charge in [0.05, 0.1) is 18.8 Å². The molecule has 1 aromatic carbocycles. The summed E-state index contributed by atoms with van der Waals surface area (Å²) in [5, 5.41) is 9.37. The summed E-state index contributed by atoms with van der Waals surface area (Å²) in [6.45, 7) is 5.13. The molecule has 0 N–H and O–H groups in total. The van der Waals surface area contributed by atoms with E-state index in [0.717, 1.165) is 80.1 Å². The van der Waals surface area contributed by atoms with E-state index >= 15 is 4.39 Å². The van der Waals surface area contributed by atoms with Crippen LogP contribution in [0.25, 0.3) is 11.1 Å². The van der Waals surface area contributed by atoms with Crippen molar-refractivity contribution in [1.82, 2.24) is 24.5 Å². The molecular formula is C26H31FN6O2. The zero-order valence-corrected chi connectivity index (χ0v) is 20.3. The molecule has 0 radical (unpaired) electrons. The van der Waals surface area contributed by atoms with Crippen LogP contribution >= 0.6 is 0 Å². The van der Waals surface area contributed by atoms with Crippen LogP contribution in [0.1, 0.15) is 49.0 Å². The molecule has 6 rings (SSSR count). The van der Waals surface area contributed by atoms with E-state index in [9.17, 15) is 4.79 Å². The Morgan fingerprint density at radius 2 is 2.00 bits per heavy atom. The van der Waals surface area contributed by atoms with E-state index in [0.29, 0.717) is 24.7 Å². The third-order valence-electron chi connectivity index (χ3n) is 7.61. The number of aryl methyl sites for hydroxylation is 2. The predicted molar refractivity (Wildman–Crippen MR) is 130 cm³/mol. The second kappa shape index (κ2) is 8.78. The summed E-state index contributed by atoms with van der Waals surface area (Å²) >= 11 is 0. The monoisotopic (exact) mass is 478 g/mol. The molecule has 3 aromatic rings. The van der Waals surface area contributed by atoms with Crippen LogP contribution in [0.2, 0.25) is 0 Å². The average molecular weight is 479 g/mol. The van der Waals surface area contributed by atoms with Crippen molar-refractivity contribution < 1.29 is 13.9 Å². The van der Waals surface area contributed by atoms with Crippen LogP contribution < -0.4 is 4.90 Å². The molecule has 1 saturated heterocycles. The topological polar surface area (TPSA) is 68.4 Å². The first kappa shape index (κ1) is 22.3. The lowest BCUT2D eigenvalue weighted by molar-refractivity contribution is -0.129. The maximum absolute atomic E-state index is 15.4. The van der Waals surface area contributed by atoms with Gasteiger partial charge < -0.3 is 14.5 Å². The Morgan fingerprint density at radius 3 is 2.74 bits per heavy atom. The second-order valence-electron chi connectivity index (χ2n) is 9.85. The van der Waals surface area contributed by atoms with Gasteiger partial charge >= 0.3 is 0 Å². The van der Waals surface area contributed by atoms with Gasteiger partial charge in [0.1, 0.15) is 5.82 Å². The zero-order valence-electron chi connectivity index (χ0n) is 20.3. The van der Waals surface area contributed by atoms with Gasteiger partial charge in [-0.15, -0.1) is 0 Å². The number of hydrogen-bond donors (Lipinski definition) is 0. The van der Waals surface area contributed by atoms with E-state index in [1.165, 1.54) is 5.69 Å². The summed E-state index contributed by atoms with van der Waals surface area (Å²) < 4.78 is 24.9. The highest BCUT2D eigenvalue weighted by Gasteiger charge is 2.33. The Morgan fingerprint density at radius 1 is 1.17 bits per heavy atom. The fraction of sp³-hybridized carbons (Fsp3) is 0.500. The Labute approximate surface area is 204 Å². The van der Waals surface area contributed by atoms with Crippen molar-refractivity contribution in [1.29, 1.82) is 0 Å². The summed E-state index contributed by atoms with van der Waals surface area (Å²) in [4.78, 5) is 16.3. The lowest BCUT2D eigenvalue weighted by Crippen LogP contribution is -2.36. The predicted octanol–water partition coefficient (Wildman–Crippen LogP) is 3.76. The summed E-state index contributed by atoms with van der Waals surface area (Å²) in [5.74, 6) is 0.685. The van der Waals surface area contributed by atoms with Gasteiger partial charge in [0, 0.05) is 81.0 Å². The molecule has 0 atom stereocenters. The molecule has 0 spiro atoms. The summed E-state index contributed by atoms with van der Waals surface area (Å²) in [6, 6.07) is 3.92. The molecule has 5 heterocycles. The van der Waals surface area contributed by atoms with E-state index in [1.54, 1.807) is 23.9 Å². The van der Waals surface area contributed by atoms with E-state index in [4.69, 9.17) is 9.84 Å². The second-order valence-corrected chi connectivity index (χ2v) is 9.85. The summed E-state index contributed by atoms with van der Waals surface area (Å²) in [5.41, 5.74) is 5.66. The number of ether oxygens (including phenoxy) is 1. The maximum atomic E-state index is 15.4. The molecule has 0 unspecified atom stereocenters. The number of aromatic nitrogens is 4. The molecule has 0 aliphatic carbocycles. The number of carbonyl (C=O) groups excluding carboxylic acids is 1. The third-order valence-corrected chi connectivity index (χ3v) is 7.61. The molecule has 1 amide bonds. The Bertz CT molecular complexity index is 1280. The standard InChI is InChI=1S/C26H31FN6O2/c1-17(34)31-9-5-24-22(16-31)26(29-33(24)20-6-10-35-11-7-20)32-8-3-4-18-12-21(23(27)13-25(18)32)19-14-28-30(2)15-19/h12-15,20H,3-11,16H2,1-2H3. The molecule has 2 aromatic heterocycles. The Balaban J connectivity index is 1.44. The van der Waals surface area contributed by atoms with Gasteiger partial charge in [0.15, 0.2) is 5.82 Å². The highest BCUT2D eigenvalue weighted by molar-refractivity contribution is 5.76. The van der Waals surface area contributed by atoms with Gasteiger partial charge in [-0.3, -0.25) is 14.2 Å². The van der Waals surface area contributed by atoms with Gasteiger partial charge in [-0.1, -0.05) is 0 Å². The number of carbonyl (C=O) groups is 1. The summed E-state index contributed by atoms with van der Waals surface area (Å²) in [6.07, 6.45) is 8.05. The number of rotatable bonds is 3. The maximum Gasteiger partial charge on any atom is 0.219 e. The van der Waals surface area contributed by atoms with Crippen LogP contribution in [0.5, 0.6) is 0 Å². The van der Waals surface area contributed by atoms with Gasteiger partial charge in [0.2, 0.25) is 5.91 Å². The average Bonchev–Trinajstić information content (AvgIpc) is 3.47. The molecular weight excluding hydrogens is 447 g/mol. The van der Waals surface area contributed by atoms with Gasteiger partial charge in [0.25, 0.3) is 0 Å². The number of hydrogen-bond acceptors (Lipinski definition) is 5. The first-order valence-corrected chi connectivity index (χ1v) is 12.5. The Hall–Kier alpha value is -3.20. The smallest absolute Gasteiger partial charge is 0.219 e. The molecule has 0 bridgehead atoms. The van der Waals surface area contributed by atoms with E-state index in [-0.39, 0.29) is 11.7 Å². The van der Waals surface area contributed by atoms with Gasteiger partial charge in [-0.25, -0.2) is 4.39 Å². The quantitative estimate of drug-likeness (QED) is 0.573. The van der Waals surface area contributed by atoms with E-state index in [2.05, 4.69) is 14.7 Å². The fourth-order valence-corrected chi connectivity index (χ4v) is 5.75. The summed E-state index contributed by atoms with van der Waals surface area (Å²) in [7, 11) is 1.84. The van der Waals surface area contributed by atoms with Crippen LogP contribution in [0, 0.1) is 5.82 Å². The molecule has 35 heavy (non-hydrogen) atoms. The lowest BCUT2D eigenvalue weighted by atomic mass is 9.96. The molecule has 0 saturated carbocycles. The van der Waals surface area contributed by atoms with Gasteiger partial charge in [-0.05, 0) is 43.4 Å². The minimum Gasteiger partial charge on any atom is -0.381 e. The van der Waals surface area contributed by atoms with Crippen molar-refractivity contribution in [2.45, 2.75) is 51.6 Å².